The summed E-state index contributed by atoms with van der Waals surface area (Å²) < 4.78 is 30.5. The summed E-state index contributed by atoms with van der Waals surface area (Å²) in [6, 6.07) is 14.8. The molecule has 0 radical (unpaired) electrons. The Balaban J connectivity index is 1.57. The normalized spacial score (nSPS) is 21.3. The zero-order valence-corrected chi connectivity index (χ0v) is 23.7. The molecular formula is C31H27ClFN5O4. The summed E-state index contributed by atoms with van der Waals surface area (Å²) in [7, 11) is 1.71. The number of ether oxygens (including phenoxy) is 2. The van der Waals surface area contributed by atoms with Gasteiger partial charge in [0.2, 0.25) is 5.72 Å². The Morgan fingerprint density at radius 3 is 2.64 bits per heavy atom. The number of halogens is 2. The lowest BCUT2D eigenvalue weighted by molar-refractivity contribution is -0.148. The SMILES string of the molecule is Cn1cc(C(C)(O)c2cc(F)c3c(c2)C(=O)N(Cc2ccc(C#N)cn2)[C@@]3(O[C@H]2CCOC2)c2ccc(Cl)cc2)cn1. The van der Waals surface area contributed by atoms with Gasteiger partial charge in [-0.1, -0.05) is 23.7 Å². The van der Waals surface area contributed by atoms with Crippen molar-refractivity contribution in [2.75, 3.05) is 13.2 Å². The maximum absolute atomic E-state index is 16.6. The summed E-state index contributed by atoms with van der Waals surface area (Å²) in [6.07, 6.45) is 4.67. The van der Waals surface area contributed by atoms with E-state index in [9.17, 15) is 15.2 Å². The van der Waals surface area contributed by atoms with Gasteiger partial charge in [-0.15, -0.1) is 0 Å². The maximum atomic E-state index is 16.6. The van der Waals surface area contributed by atoms with Crippen molar-refractivity contribution in [1.82, 2.24) is 19.7 Å². The van der Waals surface area contributed by atoms with Crippen LogP contribution in [0, 0.1) is 17.1 Å². The van der Waals surface area contributed by atoms with Crippen molar-refractivity contribution < 1.29 is 23.8 Å². The van der Waals surface area contributed by atoms with Crippen molar-refractivity contribution in [1.29, 1.82) is 5.26 Å². The second-order valence-corrected chi connectivity index (χ2v) is 11.1. The third-order valence-electron chi connectivity index (χ3n) is 7.85. The molecule has 4 heterocycles. The number of aryl methyl sites for hydroxylation is 1. The van der Waals surface area contributed by atoms with Crippen LogP contribution in [0.25, 0.3) is 0 Å². The Morgan fingerprint density at radius 1 is 1.24 bits per heavy atom. The van der Waals surface area contributed by atoms with Crippen molar-refractivity contribution in [3.8, 4) is 6.07 Å². The number of pyridine rings is 1. The second kappa shape index (κ2) is 10.6. The number of aromatic nitrogens is 3. The highest BCUT2D eigenvalue weighted by Crippen LogP contribution is 2.50. The van der Waals surface area contributed by atoms with E-state index in [0.29, 0.717) is 40.4 Å². The number of nitriles is 1. The summed E-state index contributed by atoms with van der Waals surface area (Å²) in [5.41, 5.74) is -1.30. The lowest BCUT2D eigenvalue weighted by Crippen LogP contribution is -2.49. The van der Waals surface area contributed by atoms with Crippen LogP contribution >= 0.6 is 11.6 Å². The first kappa shape index (κ1) is 28.0. The van der Waals surface area contributed by atoms with E-state index in [1.165, 1.54) is 41.0 Å². The fourth-order valence-electron chi connectivity index (χ4n) is 5.61. The summed E-state index contributed by atoms with van der Waals surface area (Å²) >= 11 is 6.23. The van der Waals surface area contributed by atoms with Gasteiger partial charge >= 0.3 is 0 Å². The number of carbonyl (C=O) groups excluding carboxylic acids is 1. The summed E-state index contributed by atoms with van der Waals surface area (Å²) in [6.45, 7) is 2.22. The third kappa shape index (κ3) is 4.64. The molecule has 0 spiro atoms. The Bertz CT molecular complexity index is 1690. The van der Waals surface area contributed by atoms with Gasteiger partial charge in [0.1, 0.15) is 17.5 Å². The van der Waals surface area contributed by atoms with E-state index in [1.807, 2.05) is 6.07 Å². The minimum Gasteiger partial charge on any atom is -0.381 e. The van der Waals surface area contributed by atoms with Crippen LogP contribution in [0.3, 0.4) is 0 Å². The molecule has 1 unspecified atom stereocenters. The molecule has 1 saturated heterocycles. The van der Waals surface area contributed by atoms with E-state index in [4.69, 9.17) is 21.1 Å². The molecule has 1 amide bonds. The average molecular weight is 588 g/mol. The molecule has 1 fully saturated rings. The van der Waals surface area contributed by atoms with Crippen molar-refractivity contribution in [2.45, 2.75) is 37.3 Å². The number of aliphatic hydroxyl groups is 1. The molecule has 2 aromatic carbocycles. The van der Waals surface area contributed by atoms with Gasteiger partial charge in [-0.25, -0.2) is 4.39 Å². The number of rotatable bonds is 7. The highest BCUT2D eigenvalue weighted by atomic mass is 35.5. The molecule has 214 valence electrons. The Labute approximate surface area is 246 Å². The van der Waals surface area contributed by atoms with Crippen LogP contribution in [0.5, 0.6) is 0 Å². The van der Waals surface area contributed by atoms with Gasteiger partial charge in [-0.3, -0.25) is 19.4 Å². The summed E-state index contributed by atoms with van der Waals surface area (Å²) in [5, 5.41) is 25.4. The molecule has 2 aliphatic heterocycles. The molecule has 0 aliphatic carbocycles. The zero-order chi connectivity index (χ0) is 29.6. The zero-order valence-electron chi connectivity index (χ0n) is 22.9. The number of fused-ring (bicyclic) bond motifs is 1. The largest absolute Gasteiger partial charge is 0.381 e. The molecule has 11 heteroatoms. The molecule has 6 rings (SSSR count). The van der Waals surface area contributed by atoms with E-state index in [1.54, 1.807) is 49.6 Å². The Kier molecular flexibility index (Phi) is 7.07. The van der Waals surface area contributed by atoms with E-state index < -0.39 is 29.2 Å². The van der Waals surface area contributed by atoms with Crippen LogP contribution in [0.15, 0.2) is 67.1 Å². The van der Waals surface area contributed by atoms with Gasteiger partial charge in [-0.2, -0.15) is 10.4 Å². The third-order valence-corrected chi connectivity index (χ3v) is 8.10. The van der Waals surface area contributed by atoms with Crippen LogP contribution in [-0.2, 0) is 34.4 Å². The standard InChI is InChI=1S/C31H27ClFN5O4/c1-30(40,22-15-36-37(2)16-22)21-11-26-28(27(33)12-21)31(42-25-9-10-41-18-25,20-4-6-23(32)7-5-20)38(29(26)39)17-24-8-3-19(13-34)14-35-24/h3-8,11-12,14-16,25,40H,9-10,17-18H2,1-2H3/t25-,30?,31+/m0/s1. The summed E-state index contributed by atoms with van der Waals surface area (Å²) in [5.74, 6) is -1.23. The van der Waals surface area contributed by atoms with Crippen molar-refractivity contribution >= 4 is 17.5 Å². The number of carbonyl (C=O) groups is 1. The second-order valence-electron chi connectivity index (χ2n) is 10.7. The minimum absolute atomic E-state index is 0.0288. The van der Waals surface area contributed by atoms with Gasteiger partial charge in [0.05, 0.1) is 47.8 Å². The van der Waals surface area contributed by atoms with Crippen LogP contribution < -0.4 is 0 Å². The fourth-order valence-corrected chi connectivity index (χ4v) is 5.73. The molecule has 0 saturated carbocycles. The number of amides is 1. The van der Waals surface area contributed by atoms with Crippen molar-refractivity contribution in [3.05, 3.63) is 117 Å². The molecule has 3 atom stereocenters. The van der Waals surface area contributed by atoms with Gasteiger partial charge in [-0.05, 0) is 55.3 Å². The molecule has 9 nitrogen and oxygen atoms in total. The van der Waals surface area contributed by atoms with Gasteiger partial charge in [0.15, 0.2) is 0 Å². The lowest BCUT2D eigenvalue weighted by atomic mass is 9.85. The molecule has 1 N–H and O–H groups in total. The van der Waals surface area contributed by atoms with Crippen LogP contribution in [0.4, 0.5) is 4.39 Å². The molecule has 4 aromatic rings. The number of hydrogen-bond acceptors (Lipinski definition) is 7. The average Bonchev–Trinajstić information content (AvgIpc) is 3.71. The Hall–Kier alpha value is -4.14. The predicted octanol–water partition coefficient (Wildman–Crippen LogP) is 4.40. The highest BCUT2D eigenvalue weighted by molar-refractivity contribution is 6.30. The number of nitrogens with zero attached hydrogens (tertiary/aromatic N) is 5. The fraction of sp³-hybridized carbons (Fsp3) is 0.290. The van der Waals surface area contributed by atoms with Crippen molar-refractivity contribution in [3.63, 3.8) is 0 Å². The maximum Gasteiger partial charge on any atom is 0.257 e. The predicted molar refractivity (Wildman–Crippen MR) is 150 cm³/mol. The van der Waals surface area contributed by atoms with E-state index >= 15 is 4.39 Å². The monoisotopic (exact) mass is 587 g/mol. The first-order valence-corrected chi connectivity index (χ1v) is 13.8. The highest BCUT2D eigenvalue weighted by Gasteiger charge is 2.56. The molecule has 42 heavy (non-hydrogen) atoms. The topological polar surface area (TPSA) is 114 Å². The van der Waals surface area contributed by atoms with E-state index in [0.717, 1.165) is 0 Å². The van der Waals surface area contributed by atoms with Gasteiger partial charge < -0.3 is 14.6 Å². The molecular weight excluding hydrogens is 561 g/mol. The number of hydrogen-bond donors (Lipinski definition) is 1. The quantitative estimate of drug-likeness (QED) is 0.341. The smallest absolute Gasteiger partial charge is 0.257 e. The Morgan fingerprint density at radius 2 is 2.02 bits per heavy atom. The molecule has 2 aliphatic rings. The summed E-state index contributed by atoms with van der Waals surface area (Å²) in [4.78, 5) is 20.2. The van der Waals surface area contributed by atoms with Crippen LogP contribution in [0.2, 0.25) is 5.02 Å². The van der Waals surface area contributed by atoms with Crippen molar-refractivity contribution in [2.24, 2.45) is 7.05 Å². The van der Waals surface area contributed by atoms with Crippen LogP contribution in [0.1, 0.15) is 57.2 Å². The first-order chi connectivity index (χ1) is 20.1. The van der Waals surface area contributed by atoms with E-state index in [-0.39, 0.29) is 29.8 Å². The van der Waals surface area contributed by atoms with Crippen LogP contribution in [-0.4, -0.2) is 50.0 Å². The number of benzene rings is 2. The van der Waals surface area contributed by atoms with E-state index in [2.05, 4.69) is 10.1 Å². The lowest BCUT2D eigenvalue weighted by Gasteiger charge is -2.41. The van der Waals surface area contributed by atoms with Gasteiger partial charge in [0, 0.05) is 42.2 Å². The van der Waals surface area contributed by atoms with Gasteiger partial charge in [0.25, 0.3) is 5.91 Å². The minimum atomic E-state index is -1.70. The molecule has 2 aromatic heterocycles. The first-order valence-electron chi connectivity index (χ1n) is 13.4. The molecule has 0 bridgehead atoms.